The Morgan fingerprint density at radius 2 is 1.97 bits per heavy atom. The summed E-state index contributed by atoms with van der Waals surface area (Å²) in [6.45, 7) is 4.66. The third kappa shape index (κ3) is 4.65. The molecule has 1 aliphatic rings. The molecule has 0 spiro atoms. The number of carbonyl (C=O) groups excluding carboxylic acids is 1. The molecule has 6 nitrogen and oxygen atoms in total. The molecule has 0 saturated carbocycles. The zero-order valence-electron chi connectivity index (χ0n) is 18.5. The highest BCUT2D eigenvalue weighted by atomic mass is 35.5. The summed E-state index contributed by atoms with van der Waals surface area (Å²) in [5.41, 5.74) is 4.98. The summed E-state index contributed by atoms with van der Waals surface area (Å²) in [4.78, 5) is 21.0. The van der Waals surface area contributed by atoms with E-state index in [0.29, 0.717) is 5.56 Å². The summed E-state index contributed by atoms with van der Waals surface area (Å²) in [7, 11) is 3.49. The molecule has 2 aromatic carbocycles. The van der Waals surface area contributed by atoms with Gasteiger partial charge in [0.2, 0.25) is 0 Å². The number of pyridine rings is 1. The van der Waals surface area contributed by atoms with Gasteiger partial charge in [-0.3, -0.25) is 0 Å². The Labute approximate surface area is 193 Å². The number of methoxy groups -OCH3 is 1. The average molecular weight is 451 g/mol. The van der Waals surface area contributed by atoms with E-state index in [4.69, 9.17) is 16.3 Å². The number of fused-ring (bicyclic) bond motifs is 1. The Bertz CT molecular complexity index is 1100. The zero-order valence-corrected chi connectivity index (χ0v) is 19.3. The molecule has 1 aliphatic heterocycles. The summed E-state index contributed by atoms with van der Waals surface area (Å²) < 4.78 is 4.79. The van der Waals surface area contributed by atoms with Crippen LogP contribution in [0, 0.1) is 0 Å². The molecule has 0 aliphatic carbocycles. The number of halogens is 1. The minimum Gasteiger partial charge on any atom is -0.465 e. The van der Waals surface area contributed by atoms with Gasteiger partial charge in [0.05, 0.1) is 24.4 Å². The number of carbonyl (C=O) groups is 1. The maximum atomic E-state index is 11.7. The van der Waals surface area contributed by atoms with Crippen LogP contribution in [0.5, 0.6) is 0 Å². The van der Waals surface area contributed by atoms with Crippen LogP contribution in [-0.2, 0) is 11.3 Å². The van der Waals surface area contributed by atoms with Crippen molar-refractivity contribution < 1.29 is 9.53 Å². The Morgan fingerprint density at radius 3 is 2.69 bits per heavy atom. The predicted octanol–water partition coefficient (Wildman–Crippen LogP) is 5.15. The summed E-state index contributed by atoms with van der Waals surface area (Å²) in [6, 6.07) is 17.5. The Balaban J connectivity index is 1.61. The van der Waals surface area contributed by atoms with Crippen molar-refractivity contribution in [2.45, 2.75) is 19.5 Å². The molecule has 0 saturated heterocycles. The number of rotatable bonds is 6. The van der Waals surface area contributed by atoms with Crippen molar-refractivity contribution in [1.29, 1.82) is 0 Å². The minimum atomic E-state index is -0.337. The highest BCUT2D eigenvalue weighted by Gasteiger charge is 2.25. The number of hydrogen-bond acceptors (Lipinski definition) is 6. The van der Waals surface area contributed by atoms with Gasteiger partial charge in [0.15, 0.2) is 5.82 Å². The van der Waals surface area contributed by atoms with Crippen LogP contribution in [0.25, 0.3) is 0 Å². The highest BCUT2D eigenvalue weighted by Crippen LogP contribution is 2.39. The van der Waals surface area contributed by atoms with Crippen LogP contribution in [-0.4, -0.2) is 38.2 Å². The van der Waals surface area contributed by atoms with Crippen LogP contribution in [0.2, 0.25) is 5.02 Å². The third-order valence-corrected chi connectivity index (χ3v) is 6.02. The molecule has 1 atom stereocenters. The SMILES string of the molecule is COC(=O)c1ccc([C@H](C)Nc2nccc3c2N(Cc2cccc(Cl)c2)CCN3C)cc1. The van der Waals surface area contributed by atoms with Crippen LogP contribution >= 0.6 is 11.6 Å². The molecule has 1 aromatic heterocycles. The molecule has 1 N–H and O–H groups in total. The first-order valence-electron chi connectivity index (χ1n) is 10.6. The Hall–Kier alpha value is -3.25. The van der Waals surface area contributed by atoms with Gasteiger partial charge in [-0.15, -0.1) is 0 Å². The molecule has 0 fully saturated rings. The van der Waals surface area contributed by atoms with E-state index in [1.54, 1.807) is 12.1 Å². The summed E-state index contributed by atoms with van der Waals surface area (Å²) in [5, 5.41) is 4.32. The first-order chi connectivity index (χ1) is 15.5. The fraction of sp³-hybridized carbons (Fsp3) is 0.280. The molecule has 32 heavy (non-hydrogen) atoms. The molecule has 7 heteroatoms. The average Bonchev–Trinajstić information content (AvgIpc) is 2.80. The topological polar surface area (TPSA) is 57.7 Å². The van der Waals surface area contributed by atoms with Crippen molar-refractivity contribution in [3.05, 3.63) is 82.5 Å². The van der Waals surface area contributed by atoms with Gasteiger partial charge in [-0.25, -0.2) is 9.78 Å². The fourth-order valence-electron chi connectivity index (χ4n) is 4.00. The second kappa shape index (κ2) is 9.49. The Morgan fingerprint density at radius 1 is 1.19 bits per heavy atom. The maximum absolute atomic E-state index is 11.7. The zero-order chi connectivity index (χ0) is 22.7. The number of likely N-dealkylation sites (N-methyl/N-ethyl adjacent to an activating group) is 1. The van der Waals surface area contributed by atoms with Crippen LogP contribution in [0.15, 0.2) is 60.8 Å². The van der Waals surface area contributed by atoms with E-state index in [0.717, 1.165) is 53.0 Å². The van der Waals surface area contributed by atoms with Crippen LogP contribution in [0.4, 0.5) is 17.2 Å². The summed E-state index contributed by atoms with van der Waals surface area (Å²) >= 11 is 6.21. The van der Waals surface area contributed by atoms with Crippen molar-refractivity contribution in [3.8, 4) is 0 Å². The predicted molar refractivity (Wildman–Crippen MR) is 130 cm³/mol. The number of nitrogens with one attached hydrogen (secondary N) is 1. The molecule has 0 bridgehead atoms. The lowest BCUT2D eigenvalue weighted by atomic mass is 10.1. The van der Waals surface area contributed by atoms with E-state index in [2.05, 4.69) is 46.2 Å². The number of aromatic nitrogens is 1. The van der Waals surface area contributed by atoms with Gasteiger partial charge in [0.1, 0.15) is 5.69 Å². The van der Waals surface area contributed by atoms with Gasteiger partial charge >= 0.3 is 5.97 Å². The molecule has 3 aromatic rings. The number of ether oxygens (including phenoxy) is 1. The molecular formula is C25H27ClN4O2. The van der Waals surface area contributed by atoms with Crippen molar-refractivity contribution in [2.24, 2.45) is 0 Å². The third-order valence-electron chi connectivity index (χ3n) is 5.78. The van der Waals surface area contributed by atoms with E-state index in [-0.39, 0.29) is 12.0 Å². The molecular weight excluding hydrogens is 424 g/mol. The lowest BCUT2D eigenvalue weighted by Crippen LogP contribution is -2.39. The lowest BCUT2D eigenvalue weighted by Gasteiger charge is -2.38. The van der Waals surface area contributed by atoms with Gasteiger partial charge in [0, 0.05) is 37.9 Å². The van der Waals surface area contributed by atoms with Crippen molar-refractivity contribution in [3.63, 3.8) is 0 Å². The van der Waals surface area contributed by atoms with E-state index < -0.39 is 0 Å². The van der Waals surface area contributed by atoms with Gasteiger partial charge in [0.25, 0.3) is 0 Å². The second-order valence-electron chi connectivity index (χ2n) is 7.98. The van der Waals surface area contributed by atoms with E-state index >= 15 is 0 Å². The molecule has 166 valence electrons. The van der Waals surface area contributed by atoms with Gasteiger partial charge in [-0.2, -0.15) is 0 Å². The Kier molecular flexibility index (Phi) is 6.51. The summed E-state index contributed by atoms with van der Waals surface area (Å²) in [6.07, 6.45) is 1.84. The molecule has 0 radical (unpaired) electrons. The standard InChI is InChI=1S/C25H27ClN4O2/c1-17(19-7-9-20(10-8-19)25(31)32-3)28-24-23-22(11-12-27-24)29(2)13-14-30(23)16-18-5-4-6-21(26)15-18/h4-12,15,17H,13-14,16H2,1-3H3,(H,27,28)/t17-/m0/s1. The number of benzene rings is 2. The number of esters is 1. The van der Waals surface area contributed by atoms with Crippen molar-refractivity contribution in [1.82, 2.24) is 4.98 Å². The highest BCUT2D eigenvalue weighted by molar-refractivity contribution is 6.30. The normalized spacial score (nSPS) is 14.0. The van der Waals surface area contributed by atoms with E-state index in [9.17, 15) is 4.79 Å². The summed E-state index contributed by atoms with van der Waals surface area (Å²) in [5.74, 6) is 0.497. The second-order valence-corrected chi connectivity index (χ2v) is 8.42. The van der Waals surface area contributed by atoms with Gasteiger partial charge in [-0.05, 0) is 48.4 Å². The van der Waals surface area contributed by atoms with E-state index in [1.807, 2.05) is 36.5 Å². The number of hydrogen-bond donors (Lipinski definition) is 1. The van der Waals surface area contributed by atoms with E-state index in [1.165, 1.54) is 7.11 Å². The minimum absolute atomic E-state index is 0.000879. The van der Waals surface area contributed by atoms with Crippen molar-refractivity contribution in [2.75, 3.05) is 42.4 Å². The van der Waals surface area contributed by atoms with Crippen LogP contribution in [0.1, 0.15) is 34.5 Å². The van der Waals surface area contributed by atoms with Crippen molar-refractivity contribution >= 4 is 34.8 Å². The molecule has 4 rings (SSSR count). The largest absolute Gasteiger partial charge is 0.465 e. The first kappa shape index (κ1) is 22.0. The lowest BCUT2D eigenvalue weighted by molar-refractivity contribution is 0.0600. The van der Waals surface area contributed by atoms with Crippen LogP contribution < -0.4 is 15.1 Å². The first-order valence-corrected chi connectivity index (χ1v) is 11.0. The maximum Gasteiger partial charge on any atom is 0.337 e. The van der Waals surface area contributed by atoms with Gasteiger partial charge in [-0.1, -0.05) is 35.9 Å². The monoisotopic (exact) mass is 450 g/mol. The smallest absolute Gasteiger partial charge is 0.337 e. The molecule has 2 heterocycles. The van der Waals surface area contributed by atoms with Gasteiger partial charge < -0.3 is 19.9 Å². The fourth-order valence-corrected chi connectivity index (χ4v) is 4.21. The number of anilines is 3. The quantitative estimate of drug-likeness (QED) is 0.524. The molecule has 0 unspecified atom stereocenters. The van der Waals surface area contributed by atoms with Crippen LogP contribution in [0.3, 0.4) is 0 Å². The number of nitrogens with zero attached hydrogens (tertiary/aromatic N) is 3. The molecule has 0 amide bonds.